The lowest BCUT2D eigenvalue weighted by atomic mass is 10.0. The van der Waals surface area contributed by atoms with Crippen molar-refractivity contribution in [1.29, 1.82) is 0 Å². The Morgan fingerprint density at radius 2 is 0.974 bits per heavy atom. The topological polar surface area (TPSA) is 61.6 Å². The van der Waals surface area contributed by atoms with Crippen molar-refractivity contribution in [2.24, 2.45) is 9.98 Å². The SMILES string of the molecule is CCO[Si](C)(C)CCCN=Cc1ccc(-c2ccc(C=NCCC[Si](OCC)(OCC)OCC)cc2)cc1. The van der Waals surface area contributed by atoms with Gasteiger partial charge in [0.05, 0.1) is 0 Å². The first-order valence-electron chi connectivity index (χ1n) is 14.1. The summed E-state index contributed by atoms with van der Waals surface area (Å²) in [6, 6.07) is 19.0. The van der Waals surface area contributed by atoms with Gasteiger partial charge in [-0.1, -0.05) is 48.5 Å². The van der Waals surface area contributed by atoms with E-state index in [4.69, 9.17) is 17.7 Å². The molecule has 0 aliphatic carbocycles. The van der Waals surface area contributed by atoms with E-state index in [2.05, 4.69) is 78.5 Å². The summed E-state index contributed by atoms with van der Waals surface area (Å²) in [5.74, 6) is 0. The first kappa shape index (κ1) is 32.3. The molecule has 38 heavy (non-hydrogen) atoms. The average molecular weight is 557 g/mol. The van der Waals surface area contributed by atoms with Crippen molar-refractivity contribution in [2.75, 3.05) is 39.5 Å². The second kappa shape index (κ2) is 17.6. The molecule has 0 atom stereocenters. The monoisotopic (exact) mass is 556 g/mol. The Kier molecular flexibility index (Phi) is 14.9. The molecule has 0 bridgehead atoms. The van der Waals surface area contributed by atoms with Crippen LogP contribution in [-0.2, 0) is 17.7 Å². The zero-order valence-electron chi connectivity index (χ0n) is 24.4. The summed E-state index contributed by atoms with van der Waals surface area (Å²) in [4.78, 5) is 9.22. The third-order valence-electron chi connectivity index (χ3n) is 6.10. The number of rotatable bonds is 19. The molecule has 2 aromatic rings. The lowest BCUT2D eigenvalue weighted by Crippen LogP contribution is -2.46. The summed E-state index contributed by atoms with van der Waals surface area (Å²) in [5.41, 5.74) is 4.61. The van der Waals surface area contributed by atoms with Crippen molar-refractivity contribution >= 4 is 29.6 Å². The van der Waals surface area contributed by atoms with Crippen LogP contribution in [0.4, 0.5) is 0 Å². The molecule has 0 heterocycles. The van der Waals surface area contributed by atoms with Crippen LogP contribution in [-0.4, -0.2) is 69.1 Å². The van der Waals surface area contributed by atoms with Gasteiger partial charge in [-0.05, 0) is 81.9 Å². The van der Waals surface area contributed by atoms with Gasteiger partial charge in [-0.2, -0.15) is 0 Å². The Morgan fingerprint density at radius 1 is 0.579 bits per heavy atom. The molecule has 0 saturated heterocycles. The normalized spacial score (nSPS) is 12.7. The zero-order valence-corrected chi connectivity index (χ0v) is 26.4. The van der Waals surface area contributed by atoms with E-state index in [0.717, 1.165) is 55.8 Å². The molecule has 0 saturated carbocycles. The van der Waals surface area contributed by atoms with Crippen molar-refractivity contribution in [3.63, 3.8) is 0 Å². The molecule has 0 aromatic heterocycles. The van der Waals surface area contributed by atoms with Gasteiger partial charge >= 0.3 is 8.80 Å². The molecule has 6 nitrogen and oxygen atoms in total. The molecular weight excluding hydrogens is 509 g/mol. The zero-order chi connectivity index (χ0) is 27.7. The van der Waals surface area contributed by atoms with E-state index in [0.29, 0.717) is 19.8 Å². The van der Waals surface area contributed by atoms with Gasteiger partial charge in [-0.15, -0.1) is 0 Å². The molecule has 0 N–H and O–H groups in total. The standard InChI is InChI=1S/C30H48N2O4Si2/c1-7-33-37(5,6)23-11-21-31-25-27-13-17-29(18-14-27)30-19-15-28(16-20-30)26-32-22-12-24-38(34-8-2,35-9-3)36-10-4/h13-20,25-26H,7-12,21-24H2,1-6H3. The Bertz CT molecular complexity index is 946. The number of aliphatic imine (C=N–C) groups is 2. The molecule has 0 aliphatic rings. The van der Waals surface area contributed by atoms with Crippen LogP contribution >= 0.6 is 0 Å². The Balaban J connectivity index is 1.82. The molecule has 8 heteroatoms. The molecule has 210 valence electrons. The molecule has 0 fully saturated rings. The van der Waals surface area contributed by atoms with E-state index >= 15 is 0 Å². The van der Waals surface area contributed by atoms with Gasteiger partial charge in [0.25, 0.3) is 0 Å². The van der Waals surface area contributed by atoms with Crippen molar-refractivity contribution < 1.29 is 17.7 Å². The fourth-order valence-corrected chi connectivity index (χ4v) is 8.84. The summed E-state index contributed by atoms with van der Waals surface area (Å²) in [5, 5.41) is 0. The second-order valence-electron chi connectivity index (χ2n) is 9.70. The fraction of sp³-hybridized carbons (Fsp3) is 0.533. The van der Waals surface area contributed by atoms with Gasteiger partial charge in [0, 0.05) is 58.0 Å². The minimum absolute atomic E-state index is 0.604. The molecule has 2 rings (SSSR count). The Labute approximate surface area is 233 Å². The summed E-state index contributed by atoms with van der Waals surface area (Å²) < 4.78 is 23.6. The lowest BCUT2D eigenvalue weighted by molar-refractivity contribution is 0.0710. The number of hydrogen-bond acceptors (Lipinski definition) is 6. The average Bonchev–Trinajstić information content (AvgIpc) is 2.89. The van der Waals surface area contributed by atoms with Gasteiger partial charge in [0.2, 0.25) is 0 Å². The molecule has 2 aromatic carbocycles. The minimum atomic E-state index is -2.58. The van der Waals surface area contributed by atoms with E-state index in [-0.39, 0.29) is 0 Å². The fourth-order valence-electron chi connectivity index (χ4n) is 4.31. The highest BCUT2D eigenvalue weighted by molar-refractivity contribution is 6.71. The van der Waals surface area contributed by atoms with E-state index in [9.17, 15) is 0 Å². The van der Waals surface area contributed by atoms with Crippen LogP contribution < -0.4 is 0 Å². The van der Waals surface area contributed by atoms with Gasteiger partial charge in [0.1, 0.15) is 0 Å². The first-order valence-corrected chi connectivity index (χ1v) is 19.2. The molecular formula is C30H48N2O4Si2. The third kappa shape index (κ3) is 11.8. The molecule has 0 unspecified atom stereocenters. The Morgan fingerprint density at radius 3 is 1.37 bits per heavy atom. The maximum Gasteiger partial charge on any atom is 0.500 e. The van der Waals surface area contributed by atoms with Gasteiger partial charge in [-0.25, -0.2) is 0 Å². The summed E-state index contributed by atoms with van der Waals surface area (Å²) >= 11 is 0. The number of nitrogens with zero attached hydrogens (tertiary/aromatic N) is 2. The molecule has 0 spiro atoms. The predicted molar refractivity (Wildman–Crippen MR) is 165 cm³/mol. The van der Waals surface area contributed by atoms with Crippen LogP contribution in [0.2, 0.25) is 25.2 Å². The minimum Gasteiger partial charge on any atom is -0.418 e. The highest BCUT2D eigenvalue weighted by Gasteiger charge is 2.39. The second-order valence-corrected chi connectivity index (χ2v) is 16.7. The molecule has 0 amide bonds. The number of benzene rings is 2. The van der Waals surface area contributed by atoms with Crippen molar-refractivity contribution in [3.8, 4) is 11.1 Å². The maximum absolute atomic E-state index is 5.92. The third-order valence-corrected chi connectivity index (χ3v) is 11.9. The van der Waals surface area contributed by atoms with Crippen LogP contribution in [0, 0.1) is 0 Å². The smallest absolute Gasteiger partial charge is 0.418 e. The van der Waals surface area contributed by atoms with Crippen molar-refractivity contribution in [1.82, 2.24) is 0 Å². The summed E-state index contributed by atoms with van der Waals surface area (Å²) in [6.45, 7) is 16.8. The van der Waals surface area contributed by atoms with Crippen molar-refractivity contribution in [3.05, 3.63) is 59.7 Å². The largest absolute Gasteiger partial charge is 0.500 e. The molecule has 0 aliphatic heterocycles. The van der Waals surface area contributed by atoms with Crippen LogP contribution in [0.15, 0.2) is 58.5 Å². The first-order chi connectivity index (χ1) is 18.4. The predicted octanol–water partition coefficient (Wildman–Crippen LogP) is 7.26. The van der Waals surface area contributed by atoms with E-state index in [1.165, 1.54) is 11.1 Å². The van der Waals surface area contributed by atoms with Gasteiger partial charge in [-0.3, -0.25) is 9.98 Å². The van der Waals surface area contributed by atoms with Gasteiger partial charge < -0.3 is 17.7 Å². The van der Waals surface area contributed by atoms with Crippen molar-refractivity contribution in [2.45, 2.75) is 65.7 Å². The lowest BCUT2D eigenvalue weighted by Gasteiger charge is -2.28. The van der Waals surface area contributed by atoms with Crippen LogP contribution in [0.1, 0.15) is 51.7 Å². The maximum atomic E-state index is 5.92. The summed E-state index contributed by atoms with van der Waals surface area (Å²) in [6.07, 6.45) is 5.87. The summed E-state index contributed by atoms with van der Waals surface area (Å²) in [7, 11) is -4.08. The van der Waals surface area contributed by atoms with E-state index in [1.54, 1.807) is 0 Å². The highest BCUT2D eigenvalue weighted by Crippen LogP contribution is 2.21. The van der Waals surface area contributed by atoms with Crippen LogP contribution in [0.5, 0.6) is 0 Å². The van der Waals surface area contributed by atoms with E-state index in [1.807, 2.05) is 33.2 Å². The van der Waals surface area contributed by atoms with Crippen LogP contribution in [0.25, 0.3) is 11.1 Å². The van der Waals surface area contributed by atoms with Crippen LogP contribution in [0.3, 0.4) is 0 Å². The highest BCUT2D eigenvalue weighted by atomic mass is 28.4. The van der Waals surface area contributed by atoms with E-state index < -0.39 is 17.1 Å². The molecule has 0 radical (unpaired) electrons. The number of hydrogen-bond donors (Lipinski definition) is 0. The Hall–Kier alpha value is -1.95. The quantitative estimate of drug-likeness (QED) is 0.104. The van der Waals surface area contributed by atoms with Gasteiger partial charge in [0.15, 0.2) is 8.32 Å².